The molecule has 0 saturated carbocycles. The zero-order valence-corrected chi connectivity index (χ0v) is 13.3. The standard InChI is InChI=1S/C18H19NO4/c1-11-7-8-14(9-13(11)3)19-16(20)10-23-17-12(2)5-4-6-15(17)18(21)22/h4-9H,10H2,1-3H3,(H,19,20)(H,21,22). The topological polar surface area (TPSA) is 75.6 Å². The van der Waals surface area contributed by atoms with Gasteiger partial charge in [0.2, 0.25) is 0 Å². The molecule has 1 amide bonds. The van der Waals surface area contributed by atoms with Crippen molar-refractivity contribution in [2.24, 2.45) is 0 Å². The summed E-state index contributed by atoms with van der Waals surface area (Å²) in [5, 5.41) is 11.9. The molecule has 0 fully saturated rings. The van der Waals surface area contributed by atoms with Crippen LogP contribution in [0, 0.1) is 20.8 Å². The molecule has 120 valence electrons. The van der Waals surface area contributed by atoms with Gasteiger partial charge in [0.15, 0.2) is 6.61 Å². The third-order valence-electron chi connectivity index (χ3n) is 3.58. The fourth-order valence-electron chi connectivity index (χ4n) is 2.17. The molecule has 0 saturated heterocycles. The Morgan fingerprint density at radius 3 is 2.43 bits per heavy atom. The van der Waals surface area contributed by atoms with Crippen molar-refractivity contribution in [2.75, 3.05) is 11.9 Å². The lowest BCUT2D eigenvalue weighted by Gasteiger charge is -2.12. The molecule has 2 rings (SSSR count). The number of hydrogen-bond donors (Lipinski definition) is 2. The molecule has 0 spiro atoms. The van der Waals surface area contributed by atoms with E-state index in [0.717, 1.165) is 11.1 Å². The molecule has 0 aliphatic carbocycles. The fraction of sp³-hybridized carbons (Fsp3) is 0.222. The van der Waals surface area contributed by atoms with Gasteiger partial charge in [0.05, 0.1) is 0 Å². The lowest BCUT2D eigenvalue weighted by atomic mass is 10.1. The molecule has 0 bridgehead atoms. The second kappa shape index (κ2) is 6.96. The maximum Gasteiger partial charge on any atom is 0.339 e. The van der Waals surface area contributed by atoms with Crippen LogP contribution in [0.25, 0.3) is 0 Å². The predicted molar refractivity (Wildman–Crippen MR) is 88.2 cm³/mol. The highest BCUT2D eigenvalue weighted by Gasteiger charge is 2.14. The zero-order valence-electron chi connectivity index (χ0n) is 13.3. The van der Waals surface area contributed by atoms with Crippen molar-refractivity contribution in [1.82, 2.24) is 0 Å². The Morgan fingerprint density at radius 1 is 1.04 bits per heavy atom. The van der Waals surface area contributed by atoms with Crippen molar-refractivity contribution in [2.45, 2.75) is 20.8 Å². The number of aryl methyl sites for hydroxylation is 3. The Hall–Kier alpha value is -2.82. The third-order valence-corrected chi connectivity index (χ3v) is 3.58. The van der Waals surface area contributed by atoms with E-state index in [4.69, 9.17) is 9.84 Å². The number of rotatable bonds is 5. The largest absolute Gasteiger partial charge is 0.483 e. The summed E-state index contributed by atoms with van der Waals surface area (Å²) in [4.78, 5) is 23.2. The number of benzene rings is 2. The summed E-state index contributed by atoms with van der Waals surface area (Å²) in [7, 11) is 0. The highest BCUT2D eigenvalue weighted by molar-refractivity contribution is 5.93. The number of ether oxygens (including phenoxy) is 1. The van der Waals surface area contributed by atoms with Crippen molar-refractivity contribution >= 4 is 17.6 Å². The molecule has 0 aromatic heterocycles. The number of para-hydroxylation sites is 1. The van der Waals surface area contributed by atoms with E-state index in [9.17, 15) is 9.59 Å². The van der Waals surface area contributed by atoms with Crippen LogP contribution < -0.4 is 10.1 Å². The van der Waals surface area contributed by atoms with Crippen LogP contribution in [-0.2, 0) is 4.79 Å². The number of aromatic carboxylic acids is 1. The van der Waals surface area contributed by atoms with Crippen molar-refractivity contribution < 1.29 is 19.4 Å². The number of hydrogen-bond acceptors (Lipinski definition) is 3. The first-order valence-electron chi connectivity index (χ1n) is 7.21. The molecule has 0 atom stereocenters. The first-order valence-corrected chi connectivity index (χ1v) is 7.21. The summed E-state index contributed by atoms with van der Waals surface area (Å²) in [6.07, 6.45) is 0. The molecule has 5 heteroatoms. The minimum absolute atomic E-state index is 0.0454. The van der Waals surface area contributed by atoms with Crippen molar-refractivity contribution in [1.29, 1.82) is 0 Å². The summed E-state index contributed by atoms with van der Waals surface area (Å²) < 4.78 is 5.42. The van der Waals surface area contributed by atoms with Crippen LogP contribution in [0.2, 0.25) is 0 Å². The molecule has 23 heavy (non-hydrogen) atoms. The van der Waals surface area contributed by atoms with Gasteiger partial charge in [0.25, 0.3) is 5.91 Å². The predicted octanol–water partition coefficient (Wildman–Crippen LogP) is 3.33. The smallest absolute Gasteiger partial charge is 0.339 e. The summed E-state index contributed by atoms with van der Waals surface area (Å²) in [5.41, 5.74) is 3.62. The van der Waals surface area contributed by atoms with Gasteiger partial charge in [-0.2, -0.15) is 0 Å². The molecule has 0 heterocycles. The van der Waals surface area contributed by atoms with Gasteiger partial charge < -0.3 is 15.2 Å². The van der Waals surface area contributed by atoms with Gasteiger partial charge in [-0.25, -0.2) is 4.79 Å². The normalized spacial score (nSPS) is 10.2. The lowest BCUT2D eigenvalue weighted by molar-refractivity contribution is -0.118. The maximum atomic E-state index is 12.0. The van der Waals surface area contributed by atoms with E-state index in [1.165, 1.54) is 6.07 Å². The van der Waals surface area contributed by atoms with E-state index in [-0.39, 0.29) is 23.8 Å². The van der Waals surface area contributed by atoms with E-state index in [1.54, 1.807) is 19.1 Å². The number of amides is 1. The summed E-state index contributed by atoms with van der Waals surface area (Å²) in [6.45, 7) is 5.45. The Kier molecular flexibility index (Phi) is 5.01. The van der Waals surface area contributed by atoms with Gasteiger partial charge in [-0.05, 0) is 55.7 Å². The highest BCUT2D eigenvalue weighted by Crippen LogP contribution is 2.23. The van der Waals surface area contributed by atoms with Gasteiger partial charge in [0.1, 0.15) is 11.3 Å². The number of carbonyl (C=O) groups is 2. The Bertz CT molecular complexity index is 753. The Labute approximate surface area is 134 Å². The molecule has 0 radical (unpaired) electrons. The van der Waals surface area contributed by atoms with E-state index >= 15 is 0 Å². The van der Waals surface area contributed by atoms with Crippen molar-refractivity contribution in [3.63, 3.8) is 0 Å². The van der Waals surface area contributed by atoms with E-state index in [0.29, 0.717) is 11.3 Å². The van der Waals surface area contributed by atoms with E-state index in [1.807, 2.05) is 32.0 Å². The molecule has 0 aliphatic heterocycles. The first-order chi connectivity index (χ1) is 10.9. The monoisotopic (exact) mass is 313 g/mol. The van der Waals surface area contributed by atoms with Gasteiger partial charge in [0, 0.05) is 5.69 Å². The van der Waals surface area contributed by atoms with Crippen LogP contribution in [0.4, 0.5) is 5.69 Å². The van der Waals surface area contributed by atoms with Crippen LogP contribution in [0.15, 0.2) is 36.4 Å². The second-order valence-corrected chi connectivity index (χ2v) is 5.39. The van der Waals surface area contributed by atoms with Crippen LogP contribution in [0.3, 0.4) is 0 Å². The van der Waals surface area contributed by atoms with Crippen LogP contribution >= 0.6 is 0 Å². The van der Waals surface area contributed by atoms with Gasteiger partial charge in [-0.1, -0.05) is 18.2 Å². The highest BCUT2D eigenvalue weighted by atomic mass is 16.5. The molecule has 2 aromatic rings. The number of carboxylic acids is 1. The van der Waals surface area contributed by atoms with Crippen molar-refractivity contribution in [3.05, 3.63) is 58.7 Å². The summed E-state index contributed by atoms with van der Waals surface area (Å²) in [6, 6.07) is 10.5. The van der Waals surface area contributed by atoms with E-state index in [2.05, 4.69) is 5.32 Å². The molecular formula is C18H19NO4. The van der Waals surface area contributed by atoms with Crippen molar-refractivity contribution in [3.8, 4) is 5.75 Å². The minimum atomic E-state index is -1.08. The second-order valence-electron chi connectivity index (χ2n) is 5.39. The van der Waals surface area contributed by atoms with Gasteiger partial charge >= 0.3 is 5.97 Å². The van der Waals surface area contributed by atoms with Crippen LogP contribution in [-0.4, -0.2) is 23.6 Å². The quantitative estimate of drug-likeness (QED) is 0.888. The molecule has 0 aliphatic rings. The molecule has 5 nitrogen and oxygen atoms in total. The SMILES string of the molecule is Cc1ccc(NC(=O)COc2c(C)cccc2C(=O)O)cc1C. The number of carbonyl (C=O) groups excluding carboxylic acids is 1. The van der Waals surface area contributed by atoms with E-state index < -0.39 is 5.97 Å². The average molecular weight is 313 g/mol. The Morgan fingerprint density at radius 2 is 1.78 bits per heavy atom. The van der Waals surface area contributed by atoms with Crippen LogP contribution in [0.1, 0.15) is 27.0 Å². The molecule has 0 unspecified atom stereocenters. The zero-order chi connectivity index (χ0) is 17.0. The molecule has 2 aromatic carbocycles. The molecule has 2 N–H and O–H groups in total. The third kappa shape index (κ3) is 4.10. The number of anilines is 1. The first kappa shape index (κ1) is 16.5. The molecular weight excluding hydrogens is 294 g/mol. The Balaban J connectivity index is 2.05. The fourth-order valence-corrected chi connectivity index (χ4v) is 2.17. The minimum Gasteiger partial charge on any atom is -0.483 e. The van der Waals surface area contributed by atoms with Gasteiger partial charge in [-0.15, -0.1) is 0 Å². The maximum absolute atomic E-state index is 12.0. The lowest BCUT2D eigenvalue weighted by Crippen LogP contribution is -2.21. The number of nitrogens with one attached hydrogen (secondary N) is 1. The van der Waals surface area contributed by atoms with Gasteiger partial charge in [-0.3, -0.25) is 4.79 Å². The average Bonchev–Trinajstić information content (AvgIpc) is 2.49. The summed E-state index contributed by atoms with van der Waals surface area (Å²) >= 11 is 0. The number of carboxylic acid groups (broad SMARTS) is 1. The summed E-state index contributed by atoms with van der Waals surface area (Å²) in [5.74, 6) is -1.21. The van der Waals surface area contributed by atoms with Crippen LogP contribution in [0.5, 0.6) is 5.75 Å².